The number of likely N-dealkylation sites (tertiary alicyclic amines) is 1. The lowest BCUT2D eigenvalue weighted by Crippen LogP contribution is -2.40. The van der Waals surface area contributed by atoms with E-state index >= 15 is 0 Å². The quantitative estimate of drug-likeness (QED) is 0.884. The molecule has 0 aliphatic carbocycles. The normalized spacial score (nSPS) is 33.3. The van der Waals surface area contributed by atoms with Gasteiger partial charge in [0.15, 0.2) is 0 Å². The Morgan fingerprint density at radius 3 is 2.58 bits per heavy atom. The van der Waals surface area contributed by atoms with Gasteiger partial charge in [0.1, 0.15) is 0 Å². The molecule has 104 valence electrons. The Labute approximate surface area is 117 Å². The number of para-hydroxylation sites is 1. The molecule has 0 amide bonds. The van der Waals surface area contributed by atoms with E-state index in [0.717, 1.165) is 24.4 Å². The maximum Gasteiger partial charge on any atom is 0.0869 e. The molecule has 19 heavy (non-hydrogen) atoms. The van der Waals surface area contributed by atoms with Crippen LogP contribution in [0.2, 0.25) is 0 Å². The van der Waals surface area contributed by atoms with Crippen LogP contribution in [0.15, 0.2) is 24.3 Å². The van der Waals surface area contributed by atoms with E-state index in [9.17, 15) is 0 Å². The molecule has 4 unspecified atom stereocenters. The third-order valence-corrected chi connectivity index (χ3v) is 5.16. The van der Waals surface area contributed by atoms with Crippen molar-refractivity contribution in [2.45, 2.75) is 52.2 Å². The van der Waals surface area contributed by atoms with Crippen LogP contribution in [-0.2, 0) is 0 Å². The van der Waals surface area contributed by atoms with E-state index in [0.29, 0.717) is 12.1 Å². The summed E-state index contributed by atoms with van der Waals surface area (Å²) in [5.74, 6) is 2.18. The molecule has 2 aliphatic heterocycles. The van der Waals surface area contributed by atoms with Crippen molar-refractivity contribution in [3.05, 3.63) is 29.8 Å². The van der Waals surface area contributed by atoms with Crippen LogP contribution in [0.3, 0.4) is 0 Å². The Balaban J connectivity index is 2.04. The number of nitrogens with one attached hydrogen (secondary N) is 1. The second-order valence-electron chi connectivity index (χ2n) is 6.33. The van der Waals surface area contributed by atoms with Crippen LogP contribution in [0.1, 0.15) is 45.6 Å². The van der Waals surface area contributed by atoms with Gasteiger partial charge in [0.05, 0.1) is 6.17 Å². The summed E-state index contributed by atoms with van der Waals surface area (Å²) in [6.07, 6.45) is 1.77. The topological polar surface area (TPSA) is 15.3 Å². The molecule has 1 N–H and O–H groups in total. The van der Waals surface area contributed by atoms with Crippen molar-refractivity contribution in [3.8, 4) is 0 Å². The first-order valence-electron chi connectivity index (χ1n) is 7.80. The van der Waals surface area contributed by atoms with E-state index in [1.165, 1.54) is 12.1 Å². The molecule has 0 spiro atoms. The van der Waals surface area contributed by atoms with Gasteiger partial charge in [0, 0.05) is 17.6 Å². The lowest BCUT2D eigenvalue weighted by atomic mass is 9.77. The van der Waals surface area contributed by atoms with Crippen molar-refractivity contribution < 1.29 is 0 Å². The smallest absolute Gasteiger partial charge is 0.0869 e. The average Bonchev–Trinajstić information content (AvgIpc) is 2.91. The molecule has 4 atom stereocenters. The van der Waals surface area contributed by atoms with Gasteiger partial charge < -0.3 is 5.32 Å². The van der Waals surface area contributed by atoms with Gasteiger partial charge in [-0.1, -0.05) is 45.9 Å². The molecule has 1 aromatic rings. The molecule has 0 saturated carbocycles. The molecule has 0 radical (unpaired) electrons. The molecule has 1 aromatic carbocycles. The predicted molar refractivity (Wildman–Crippen MR) is 81.4 cm³/mol. The Kier molecular flexibility index (Phi) is 3.30. The van der Waals surface area contributed by atoms with Crippen LogP contribution in [0.25, 0.3) is 0 Å². The van der Waals surface area contributed by atoms with Crippen molar-refractivity contribution in [1.29, 1.82) is 0 Å². The lowest BCUT2D eigenvalue weighted by molar-refractivity contribution is 0.180. The minimum Gasteiger partial charge on any atom is -0.369 e. The van der Waals surface area contributed by atoms with E-state index in [2.05, 4.69) is 62.2 Å². The van der Waals surface area contributed by atoms with Gasteiger partial charge in [-0.25, -0.2) is 0 Å². The third-order valence-electron chi connectivity index (χ3n) is 5.16. The third kappa shape index (κ3) is 1.80. The van der Waals surface area contributed by atoms with Gasteiger partial charge in [-0.3, -0.25) is 4.90 Å². The summed E-state index contributed by atoms with van der Waals surface area (Å²) < 4.78 is 0. The Hall–Kier alpha value is -1.02. The van der Waals surface area contributed by atoms with Crippen molar-refractivity contribution in [3.63, 3.8) is 0 Å². The highest BCUT2D eigenvalue weighted by atomic mass is 15.3. The minimum atomic E-state index is 0.514. The zero-order valence-corrected chi connectivity index (χ0v) is 12.6. The van der Waals surface area contributed by atoms with E-state index in [1.807, 2.05) is 0 Å². The van der Waals surface area contributed by atoms with Crippen LogP contribution < -0.4 is 5.32 Å². The summed E-state index contributed by atoms with van der Waals surface area (Å²) in [4.78, 5) is 2.69. The summed E-state index contributed by atoms with van der Waals surface area (Å²) in [5.41, 5.74) is 2.90. The number of fused-ring (bicyclic) bond motifs is 3. The van der Waals surface area contributed by atoms with Gasteiger partial charge in [0.25, 0.3) is 0 Å². The maximum atomic E-state index is 3.77. The van der Waals surface area contributed by atoms with Crippen molar-refractivity contribution in [2.24, 2.45) is 11.8 Å². The zero-order chi connectivity index (χ0) is 13.6. The number of hydrogen-bond acceptors (Lipinski definition) is 2. The number of benzene rings is 1. The van der Waals surface area contributed by atoms with E-state index in [-0.39, 0.29) is 0 Å². The van der Waals surface area contributed by atoms with Gasteiger partial charge in [-0.05, 0) is 36.4 Å². The lowest BCUT2D eigenvalue weighted by Gasteiger charge is -2.31. The van der Waals surface area contributed by atoms with E-state index < -0.39 is 0 Å². The van der Waals surface area contributed by atoms with Gasteiger partial charge >= 0.3 is 0 Å². The fraction of sp³-hybridized carbons (Fsp3) is 0.647. The van der Waals surface area contributed by atoms with Crippen LogP contribution in [0, 0.1) is 11.8 Å². The zero-order valence-electron chi connectivity index (χ0n) is 12.6. The number of anilines is 1. The average molecular weight is 258 g/mol. The maximum absolute atomic E-state index is 3.77. The van der Waals surface area contributed by atoms with Gasteiger partial charge in [-0.15, -0.1) is 0 Å². The van der Waals surface area contributed by atoms with Crippen LogP contribution in [-0.4, -0.2) is 23.7 Å². The highest BCUT2D eigenvalue weighted by Crippen LogP contribution is 2.52. The fourth-order valence-electron chi connectivity index (χ4n) is 4.51. The Morgan fingerprint density at radius 1 is 1.21 bits per heavy atom. The molecule has 0 bridgehead atoms. The number of likely N-dealkylation sites (N-methyl/N-ethyl adjacent to an activating group) is 1. The highest BCUT2D eigenvalue weighted by molar-refractivity contribution is 5.60. The number of nitrogens with zero attached hydrogens (tertiary/aromatic N) is 1. The molecule has 2 heteroatoms. The number of hydrogen-bond donors (Lipinski definition) is 1. The molecular formula is C17H26N2. The predicted octanol–water partition coefficient (Wildman–Crippen LogP) is 3.91. The molecule has 2 heterocycles. The largest absolute Gasteiger partial charge is 0.369 e. The Bertz CT molecular complexity index is 454. The van der Waals surface area contributed by atoms with Crippen molar-refractivity contribution >= 4 is 5.69 Å². The Morgan fingerprint density at radius 2 is 1.95 bits per heavy atom. The first-order valence-corrected chi connectivity index (χ1v) is 7.80. The van der Waals surface area contributed by atoms with Gasteiger partial charge in [0.2, 0.25) is 0 Å². The SMILES string of the molecule is CCC1C(C(C)C)C2c3ccccc3NC2N1CC. The van der Waals surface area contributed by atoms with E-state index in [4.69, 9.17) is 0 Å². The van der Waals surface area contributed by atoms with Crippen molar-refractivity contribution in [2.75, 3.05) is 11.9 Å². The van der Waals surface area contributed by atoms with Crippen LogP contribution in [0.5, 0.6) is 0 Å². The summed E-state index contributed by atoms with van der Waals surface area (Å²) >= 11 is 0. The molecule has 3 rings (SSSR count). The molecule has 1 saturated heterocycles. The minimum absolute atomic E-state index is 0.514. The first-order chi connectivity index (χ1) is 9.19. The second-order valence-corrected chi connectivity index (χ2v) is 6.33. The monoisotopic (exact) mass is 258 g/mol. The number of rotatable bonds is 3. The summed E-state index contributed by atoms with van der Waals surface area (Å²) in [6, 6.07) is 9.62. The molecule has 2 aliphatic rings. The molecular weight excluding hydrogens is 232 g/mol. The molecule has 1 fully saturated rings. The highest BCUT2D eigenvalue weighted by Gasteiger charge is 2.52. The second kappa shape index (κ2) is 4.82. The standard InChI is InChI=1S/C17H26N2/c1-5-14-15(11(3)4)16-12-9-7-8-10-13(12)18-17(16)19(14)6-2/h7-11,14-18H,5-6H2,1-4H3. The fourth-order valence-corrected chi connectivity index (χ4v) is 4.51. The molecule has 2 nitrogen and oxygen atoms in total. The van der Waals surface area contributed by atoms with Crippen LogP contribution >= 0.6 is 0 Å². The summed E-state index contributed by atoms with van der Waals surface area (Å²) in [6.45, 7) is 10.6. The summed E-state index contributed by atoms with van der Waals surface area (Å²) in [7, 11) is 0. The van der Waals surface area contributed by atoms with Gasteiger partial charge in [-0.2, -0.15) is 0 Å². The molecule has 0 aromatic heterocycles. The first kappa shape index (κ1) is 13.0. The summed E-state index contributed by atoms with van der Waals surface area (Å²) in [5, 5.41) is 3.77. The van der Waals surface area contributed by atoms with E-state index in [1.54, 1.807) is 5.56 Å². The van der Waals surface area contributed by atoms with Crippen molar-refractivity contribution in [1.82, 2.24) is 4.90 Å². The van der Waals surface area contributed by atoms with Crippen LogP contribution in [0.4, 0.5) is 5.69 Å².